The monoisotopic (exact) mass is 429 g/mol. The highest BCUT2D eigenvalue weighted by Gasteiger charge is 2.41. The summed E-state index contributed by atoms with van der Waals surface area (Å²) >= 11 is 0. The molecule has 31 heavy (non-hydrogen) atoms. The molecule has 0 unspecified atom stereocenters. The zero-order chi connectivity index (χ0) is 22.3. The fourth-order valence-electron chi connectivity index (χ4n) is 3.84. The van der Waals surface area contributed by atoms with E-state index in [2.05, 4.69) is 25.9 Å². The number of hydrogen-bond donors (Lipinski definition) is 3. The third kappa shape index (κ3) is 4.26. The Morgan fingerprint density at radius 1 is 1.13 bits per heavy atom. The van der Waals surface area contributed by atoms with Gasteiger partial charge in [0.05, 0.1) is 11.2 Å². The Hall–Kier alpha value is -3.36. The summed E-state index contributed by atoms with van der Waals surface area (Å²) in [6.07, 6.45) is 2.01. The third-order valence-electron chi connectivity index (χ3n) is 5.42. The third-order valence-corrected chi connectivity index (χ3v) is 5.42. The highest BCUT2D eigenvalue weighted by atomic mass is 19.1. The van der Waals surface area contributed by atoms with Crippen molar-refractivity contribution in [1.82, 2.24) is 15.3 Å². The molecule has 1 fully saturated rings. The fourth-order valence-corrected chi connectivity index (χ4v) is 3.84. The molecule has 3 N–H and O–H groups in total. The molecule has 0 spiro atoms. The van der Waals surface area contributed by atoms with Gasteiger partial charge in [0.15, 0.2) is 0 Å². The van der Waals surface area contributed by atoms with Crippen molar-refractivity contribution in [1.29, 1.82) is 0 Å². The summed E-state index contributed by atoms with van der Waals surface area (Å²) in [7, 11) is 1.75. The number of aryl methyl sites for hydroxylation is 1. The fraction of sp³-hybridized carbons (Fsp3) is 0.318. The van der Waals surface area contributed by atoms with Crippen LogP contribution in [0.3, 0.4) is 0 Å². The van der Waals surface area contributed by atoms with Gasteiger partial charge in [0.1, 0.15) is 23.1 Å². The Balaban J connectivity index is 1.63. The van der Waals surface area contributed by atoms with Crippen molar-refractivity contribution in [3.05, 3.63) is 47.8 Å². The molecule has 162 valence electrons. The number of alkyl halides is 1. The molecule has 2 aromatic heterocycles. The summed E-state index contributed by atoms with van der Waals surface area (Å²) in [6, 6.07) is 4.46. The van der Waals surface area contributed by atoms with Crippen LogP contribution >= 0.6 is 0 Å². The Labute approximate surface area is 177 Å². The maximum absolute atomic E-state index is 14.6. The molecule has 0 aliphatic heterocycles. The lowest BCUT2D eigenvalue weighted by Gasteiger charge is -2.38. The molecule has 1 saturated carbocycles. The number of fused-ring (bicyclic) bond motifs is 1. The van der Waals surface area contributed by atoms with Gasteiger partial charge in [-0.05, 0) is 26.0 Å². The van der Waals surface area contributed by atoms with E-state index in [9.17, 15) is 18.0 Å². The van der Waals surface area contributed by atoms with Crippen LogP contribution < -0.4 is 16.0 Å². The summed E-state index contributed by atoms with van der Waals surface area (Å²) in [6.45, 7) is 3.19. The van der Waals surface area contributed by atoms with Gasteiger partial charge >= 0.3 is 6.03 Å². The number of aromatic nitrogens is 2. The van der Waals surface area contributed by atoms with Crippen LogP contribution in [0.1, 0.15) is 25.5 Å². The van der Waals surface area contributed by atoms with Crippen molar-refractivity contribution in [2.24, 2.45) is 0 Å². The van der Waals surface area contributed by atoms with Crippen LogP contribution in [0.5, 0.6) is 0 Å². The molecule has 0 saturated heterocycles. The quantitative estimate of drug-likeness (QED) is 0.549. The molecule has 0 radical (unpaired) electrons. The number of carbonyl (C=O) groups is 1. The van der Waals surface area contributed by atoms with Gasteiger partial charge < -0.3 is 16.0 Å². The Morgan fingerprint density at radius 3 is 2.55 bits per heavy atom. The number of benzene rings is 1. The molecular weight excluding hydrogens is 407 g/mol. The number of rotatable bonds is 4. The summed E-state index contributed by atoms with van der Waals surface area (Å²) in [5.74, 6) is -1.04. The van der Waals surface area contributed by atoms with Gasteiger partial charge in [-0.15, -0.1) is 0 Å². The van der Waals surface area contributed by atoms with E-state index in [0.29, 0.717) is 28.0 Å². The average Bonchev–Trinajstić information content (AvgIpc) is 2.68. The van der Waals surface area contributed by atoms with Crippen LogP contribution in [0.15, 0.2) is 30.5 Å². The van der Waals surface area contributed by atoms with E-state index in [1.165, 1.54) is 13.0 Å². The normalized spacial score (nSPS) is 20.3. The number of amides is 2. The van der Waals surface area contributed by atoms with Crippen molar-refractivity contribution in [3.63, 3.8) is 0 Å². The molecule has 1 aromatic carbocycles. The lowest BCUT2D eigenvalue weighted by molar-refractivity contribution is 0.0534. The molecule has 2 heterocycles. The number of halogens is 3. The topological polar surface area (TPSA) is 78.9 Å². The minimum atomic E-state index is -1.30. The standard InChI is InChI=1S/C22H22F3N5O/c1-11-14(4-12-10-27-20(26-3)7-18(12)28-11)15-5-19(17(24)6-16(15)23)30-21(31)29-13-8-22(2,25)9-13/h4-7,10,13H,8-9H2,1-3H3,(H,26,27)(H2,29,30,31). The Bertz CT molecular complexity index is 1170. The first-order valence-electron chi connectivity index (χ1n) is 9.86. The Kier molecular flexibility index (Phi) is 5.20. The number of nitrogens with one attached hydrogen (secondary N) is 3. The molecule has 0 bridgehead atoms. The Morgan fingerprint density at radius 2 is 1.87 bits per heavy atom. The van der Waals surface area contributed by atoms with Gasteiger partial charge in [-0.1, -0.05) is 0 Å². The van der Waals surface area contributed by atoms with Crippen LogP contribution in [0.2, 0.25) is 0 Å². The first-order valence-corrected chi connectivity index (χ1v) is 9.86. The highest BCUT2D eigenvalue weighted by Crippen LogP contribution is 2.36. The van der Waals surface area contributed by atoms with Crippen LogP contribution in [0, 0.1) is 18.6 Å². The predicted octanol–water partition coefficient (Wildman–Crippen LogP) is 4.94. The maximum Gasteiger partial charge on any atom is 0.319 e. The van der Waals surface area contributed by atoms with Gasteiger partial charge in [0.25, 0.3) is 0 Å². The van der Waals surface area contributed by atoms with E-state index in [1.54, 1.807) is 32.3 Å². The van der Waals surface area contributed by atoms with Crippen molar-refractivity contribution < 1.29 is 18.0 Å². The van der Waals surface area contributed by atoms with Crippen molar-refractivity contribution in [2.45, 2.75) is 38.4 Å². The molecule has 0 atom stereocenters. The molecule has 1 aliphatic rings. The highest BCUT2D eigenvalue weighted by molar-refractivity contribution is 5.91. The van der Waals surface area contributed by atoms with Gasteiger partial charge in [0, 0.05) is 66.5 Å². The molecule has 1 aliphatic carbocycles. The summed E-state index contributed by atoms with van der Waals surface area (Å²) in [5, 5.41) is 8.60. The van der Waals surface area contributed by atoms with Crippen LogP contribution in [-0.4, -0.2) is 34.8 Å². The van der Waals surface area contributed by atoms with E-state index in [-0.39, 0.29) is 30.1 Å². The van der Waals surface area contributed by atoms with Crippen molar-refractivity contribution in [2.75, 3.05) is 17.7 Å². The van der Waals surface area contributed by atoms with E-state index in [0.717, 1.165) is 6.07 Å². The largest absolute Gasteiger partial charge is 0.373 e. The first kappa shape index (κ1) is 20.9. The minimum absolute atomic E-state index is 0.0984. The summed E-state index contributed by atoms with van der Waals surface area (Å²) in [5.41, 5.74) is 0.301. The van der Waals surface area contributed by atoms with Crippen LogP contribution in [0.4, 0.5) is 29.5 Å². The second-order valence-electron chi connectivity index (χ2n) is 8.06. The smallest absolute Gasteiger partial charge is 0.319 e. The SMILES string of the molecule is CNc1cc2nc(C)c(-c3cc(NC(=O)NC4CC(C)(F)C4)c(F)cc3F)cc2cn1. The number of carbonyl (C=O) groups excluding carboxylic acids is 1. The van der Waals surface area contributed by atoms with Gasteiger partial charge in [-0.3, -0.25) is 4.98 Å². The van der Waals surface area contributed by atoms with Crippen molar-refractivity contribution >= 4 is 28.4 Å². The van der Waals surface area contributed by atoms with Crippen molar-refractivity contribution in [3.8, 4) is 11.1 Å². The second-order valence-corrected chi connectivity index (χ2v) is 8.06. The second kappa shape index (κ2) is 7.72. The van der Waals surface area contributed by atoms with Gasteiger partial charge in [0.2, 0.25) is 0 Å². The van der Waals surface area contributed by atoms with Crippen LogP contribution in [0.25, 0.3) is 22.0 Å². The lowest BCUT2D eigenvalue weighted by Crippen LogP contribution is -2.52. The molecule has 6 nitrogen and oxygen atoms in total. The van der Waals surface area contributed by atoms with Gasteiger partial charge in [-0.25, -0.2) is 22.9 Å². The molecule has 3 aromatic rings. The van der Waals surface area contributed by atoms with Gasteiger partial charge in [-0.2, -0.15) is 0 Å². The maximum atomic E-state index is 14.6. The minimum Gasteiger partial charge on any atom is -0.373 e. The van der Waals surface area contributed by atoms with E-state index in [4.69, 9.17) is 0 Å². The number of hydrogen-bond acceptors (Lipinski definition) is 4. The molecule has 4 rings (SSSR count). The average molecular weight is 429 g/mol. The first-order chi connectivity index (χ1) is 14.6. The van der Waals surface area contributed by atoms with E-state index in [1.807, 2.05) is 0 Å². The molecular formula is C22H22F3N5O. The number of nitrogens with zero attached hydrogens (tertiary/aromatic N) is 2. The van der Waals surface area contributed by atoms with Crippen LogP contribution in [-0.2, 0) is 0 Å². The lowest BCUT2D eigenvalue weighted by atomic mass is 9.79. The summed E-state index contributed by atoms with van der Waals surface area (Å²) < 4.78 is 42.6. The number of urea groups is 1. The number of pyridine rings is 2. The zero-order valence-corrected chi connectivity index (χ0v) is 17.3. The molecule has 2 amide bonds. The predicted molar refractivity (Wildman–Crippen MR) is 114 cm³/mol. The molecule has 9 heteroatoms. The summed E-state index contributed by atoms with van der Waals surface area (Å²) in [4.78, 5) is 20.9. The van der Waals surface area contributed by atoms with E-state index < -0.39 is 23.3 Å². The zero-order valence-electron chi connectivity index (χ0n) is 17.3. The van der Waals surface area contributed by atoms with E-state index >= 15 is 0 Å². The number of anilines is 2.